The van der Waals surface area contributed by atoms with Crippen molar-refractivity contribution < 1.29 is 14.2 Å². The van der Waals surface area contributed by atoms with Crippen LogP contribution >= 0.6 is 0 Å². The first-order valence-corrected chi connectivity index (χ1v) is 8.83. The Kier molecular flexibility index (Phi) is 4.43. The van der Waals surface area contributed by atoms with Crippen LogP contribution in [-0.4, -0.2) is 40.7 Å². The van der Waals surface area contributed by atoms with E-state index in [-0.39, 0.29) is 0 Å². The molecule has 28 heavy (non-hydrogen) atoms. The summed E-state index contributed by atoms with van der Waals surface area (Å²) in [5, 5.41) is 9.68. The SMILES string of the molecule is COc1cc(-n2cnnc2-c2ccc3c(c2)c(C)cn3C)cc(OC)c1OC. The van der Waals surface area contributed by atoms with E-state index in [0.29, 0.717) is 17.2 Å². The molecule has 0 atom stereocenters. The highest BCUT2D eigenvalue weighted by molar-refractivity contribution is 5.87. The largest absolute Gasteiger partial charge is 0.493 e. The lowest BCUT2D eigenvalue weighted by Gasteiger charge is -2.15. The van der Waals surface area contributed by atoms with Gasteiger partial charge in [0.25, 0.3) is 0 Å². The Hall–Kier alpha value is -3.48. The number of fused-ring (bicyclic) bond motifs is 1. The molecule has 0 aliphatic carbocycles. The molecule has 0 bridgehead atoms. The average Bonchev–Trinajstić information content (AvgIpc) is 3.31. The van der Waals surface area contributed by atoms with Crippen molar-refractivity contribution in [1.82, 2.24) is 19.3 Å². The Bertz CT molecular complexity index is 1130. The number of aryl methyl sites for hydroxylation is 2. The van der Waals surface area contributed by atoms with Crippen LogP contribution in [0.4, 0.5) is 0 Å². The molecule has 0 spiro atoms. The number of hydrogen-bond donors (Lipinski definition) is 0. The van der Waals surface area contributed by atoms with Crippen LogP contribution in [0.25, 0.3) is 28.0 Å². The van der Waals surface area contributed by atoms with Crippen LogP contribution in [0.15, 0.2) is 42.9 Å². The summed E-state index contributed by atoms with van der Waals surface area (Å²) in [7, 11) is 6.83. The second kappa shape index (κ2) is 6.92. The van der Waals surface area contributed by atoms with Gasteiger partial charge in [-0.1, -0.05) is 0 Å². The van der Waals surface area contributed by atoms with E-state index in [9.17, 15) is 0 Å². The number of rotatable bonds is 5. The van der Waals surface area contributed by atoms with Gasteiger partial charge in [0, 0.05) is 41.8 Å². The minimum absolute atomic E-state index is 0.546. The monoisotopic (exact) mass is 378 g/mol. The number of methoxy groups -OCH3 is 3. The summed E-state index contributed by atoms with van der Waals surface area (Å²) >= 11 is 0. The van der Waals surface area contributed by atoms with Crippen LogP contribution in [0.3, 0.4) is 0 Å². The highest BCUT2D eigenvalue weighted by Crippen LogP contribution is 2.40. The lowest BCUT2D eigenvalue weighted by atomic mass is 10.1. The molecule has 0 radical (unpaired) electrons. The van der Waals surface area contributed by atoms with Crippen molar-refractivity contribution in [3.05, 3.63) is 48.4 Å². The van der Waals surface area contributed by atoms with Gasteiger partial charge in [0.2, 0.25) is 5.75 Å². The van der Waals surface area contributed by atoms with Crippen LogP contribution in [0.2, 0.25) is 0 Å². The fourth-order valence-corrected chi connectivity index (χ4v) is 3.56. The second-order valence-corrected chi connectivity index (χ2v) is 6.56. The van der Waals surface area contributed by atoms with Gasteiger partial charge in [-0.2, -0.15) is 0 Å². The molecule has 0 N–H and O–H groups in total. The van der Waals surface area contributed by atoms with Crippen molar-refractivity contribution in [2.75, 3.05) is 21.3 Å². The van der Waals surface area contributed by atoms with Gasteiger partial charge in [0.05, 0.1) is 27.0 Å². The third-order valence-corrected chi connectivity index (χ3v) is 4.92. The third kappa shape index (κ3) is 2.76. The fourth-order valence-electron chi connectivity index (χ4n) is 3.56. The molecule has 144 valence electrons. The van der Waals surface area contributed by atoms with Gasteiger partial charge in [0.1, 0.15) is 6.33 Å². The minimum Gasteiger partial charge on any atom is -0.493 e. The Morgan fingerprint density at radius 1 is 0.929 bits per heavy atom. The summed E-state index contributed by atoms with van der Waals surface area (Å²) in [6.45, 7) is 2.11. The number of nitrogens with zero attached hydrogens (tertiary/aromatic N) is 4. The normalized spacial score (nSPS) is 11.0. The number of aromatic nitrogens is 4. The quantitative estimate of drug-likeness (QED) is 0.529. The molecule has 0 fully saturated rings. The lowest BCUT2D eigenvalue weighted by molar-refractivity contribution is 0.324. The van der Waals surface area contributed by atoms with Gasteiger partial charge in [-0.15, -0.1) is 10.2 Å². The molecule has 7 nitrogen and oxygen atoms in total. The van der Waals surface area contributed by atoms with Gasteiger partial charge in [-0.05, 0) is 30.7 Å². The standard InChI is InChI=1S/C21H22N4O3/c1-13-11-24(2)17-7-6-14(8-16(13)17)21-23-22-12-25(21)15-9-18(26-3)20(28-5)19(10-15)27-4/h6-12H,1-5H3. The van der Waals surface area contributed by atoms with Crippen LogP contribution in [0.5, 0.6) is 17.2 Å². The molecule has 0 amide bonds. The Balaban J connectivity index is 1.87. The Labute approximate surface area is 163 Å². The van der Waals surface area contributed by atoms with Gasteiger partial charge in [0.15, 0.2) is 17.3 Å². The minimum atomic E-state index is 0.546. The number of ether oxygens (including phenoxy) is 3. The number of benzene rings is 2. The van der Waals surface area contributed by atoms with Crippen molar-refractivity contribution in [1.29, 1.82) is 0 Å². The van der Waals surface area contributed by atoms with E-state index in [1.807, 2.05) is 23.7 Å². The topological polar surface area (TPSA) is 63.3 Å². The molecule has 2 aromatic heterocycles. The zero-order chi connectivity index (χ0) is 19.8. The maximum absolute atomic E-state index is 5.48. The molecular weight excluding hydrogens is 356 g/mol. The maximum Gasteiger partial charge on any atom is 0.203 e. The summed E-state index contributed by atoms with van der Waals surface area (Å²) in [4.78, 5) is 0. The molecular formula is C21H22N4O3. The average molecular weight is 378 g/mol. The predicted octanol–water partition coefficient (Wildman–Crippen LogP) is 3.76. The molecule has 0 unspecified atom stereocenters. The highest BCUT2D eigenvalue weighted by Gasteiger charge is 2.17. The molecule has 0 aliphatic heterocycles. The summed E-state index contributed by atoms with van der Waals surface area (Å²) in [6.07, 6.45) is 3.80. The van der Waals surface area contributed by atoms with E-state index >= 15 is 0 Å². The van der Waals surface area contributed by atoms with E-state index < -0.39 is 0 Å². The molecule has 2 heterocycles. The van der Waals surface area contributed by atoms with Crippen molar-refractivity contribution >= 4 is 10.9 Å². The van der Waals surface area contributed by atoms with Crippen LogP contribution in [0, 0.1) is 6.92 Å². The van der Waals surface area contributed by atoms with Gasteiger partial charge < -0.3 is 18.8 Å². The van der Waals surface area contributed by atoms with Crippen molar-refractivity contribution in [3.8, 4) is 34.3 Å². The molecule has 4 aromatic rings. The zero-order valence-corrected chi connectivity index (χ0v) is 16.6. The van der Waals surface area contributed by atoms with Crippen molar-refractivity contribution in [2.24, 2.45) is 7.05 Å². The molecule has 0 saturated carbocycles. The smallest absolute Gasteiger partial charge is 0.203 e. The van der Waals surface area contributed by atoms with Gasteiger partial charge in [-0.25, -0.2) is 0 Å². The lowest BCUT2D eigenvalue weighted by Crippen LogP contribution is -2.01. The van der Waals surface area contributed by atoms with E-state index in [2.05, 4.69) is 46.1 Å². The van der Waals surface area contributed by atoms with Crippen molar-refractivity contribution in [2.45, 2.75) is 6.92 Å². The summed E-state index contributed by atoms with van der Waals surface area (Å²) in [5.41, 5.74) is 4.20. The van der Waals surface area contributed by atoms with Crippen LogP contribution < -0.4 is 14.2 Å². The summed E-state index contributed by atoms with van der Waals surface area (Å²) in [6, 6.07) is 10.1. The molecule has 0 aliphatic rings. The van der Waals surface area contributed by atoms with E-state index in [1.165, 1.54) is 16.5 Å². The fraction of sp³-hybridized carbons (Fsp3) is 0.238. The summed E-state index contributed by atoms with van der Waals surface area (Å²) in [5.74, 6) is 2.43. The second-order valence-electron chi connectivity index (χ2n) is 6.56. The van der Waals surface area contributed by atoms with Crippen LogP contribution in [-0.2, 0) is 7.05 Å². The highest BCUT2D eigenvalue weighted by atomic mass is 16.5. The molecule has 7 heteroatoms. The zero-order valence-electron chi connectivity index (χ0n) is 16.6. The van der Waals surface area contributed by atoms with E-state index in [1.54, 1.807) is 27.7 Å². The Morgan fingerprint density at radius 3 is 2.29 bits per heavy atom. The molecule has 0 saturated heterocycles. The first kappa shape index (κ1) is 17.9. The maximum atomic E-state index is 5.48. The first-order chi connectivity index (χ1) is 13.6. The Morgan fingerprint density at radius 2 is 1.64 bits per heavy atom. The van der Waals surface area contributed by atoms with Gasteiger partial charge in [-0.3, -0.25) is 4.57 Å². The van der Waals surface area contributed by atoms with Crippen molar-refractivity contribution in [3.63, 3.8) is 0 Å². The number of hydrogen-bond acceptors (Lipinski definition) is 5. The molecule has 2 aromatic carbocycles. The first-order valence-electron chi connectivity index (χ1n) is 8.83. The third-order valence-electron chi connectivity index (χ3n) is 4.92. The predicted molar refractivity (Wildman–Crippen MR) is 108 cm³/mol. The van der Waals surface area contributed by atoms with Gasteiger partial charge >= 0.3 is 0 Å². The van der Waals surface area contributed by atoms with E-state index in [0.717, 1.165) is 17.1 Å². The van der Waals surface area contributed by atoms with Crippen LogP contribution in [0.1, 0.15) is 5.56 Å². The molecule has 4 rings (SSSR count). The van der Waals surface area contributed by atoms with E-state index in [4.69, 9.17) is 14.2 Å². The summed E-state index contributed by atoms with van der Waals surface area (Å²) < 4.78 is 20.4.